The molecule has 0 aliphatic heterocycles. The Labute approximate surface area is 191 Å². The van der Waals surface area contributed by atoms with Crippen LogP contribution in [0.2, 0.25) is 0 Å². The van der Waals surface area contributed by atoms with E-state index in [-0.39, 0.29) is 5.75 Å². The van der Waals surface area contributed by atoms with E-state index >= 15 is 0 Å². The second-order valence-electron chi connectivity index (χ2n) is 6.62. The molecule has 0 bridgehead atoms. The van der Waals surface area contributed by atoms with Crippen molar-refractivity contribution in [2.24, 2.45) is 5.10 Å². The molecule has 0 aliphatic rings. The largest absolute Gasteiger partial charge is 0.496 e. The van der Waals surface area contributed by atoms with E-state index in [1.165, 1.54) is 13.3 Å². The Bertz CT molecular complexity index is 1210. The quantitative estimate of drug-likeness (QED) is 0.244. The lowest BCUT2D eigenvalue weighted by Crippen LogP contribution is -2.17. The van der Waals surface area contributed by atoms with Crippen molar-refractivity contribution in [3.63, 3.8) is 0 Å². The predicted molar refractivity (Wildman–Crippen MR) is 122 cm³/mol. The van der Waals surface area contributed by atoms with E-state index in [4.69, 9.17) is 19.5 Å². The summed E-state index contributed by atoms with van der Waals surface area (Å²) in [6, 6.07) is 19.8. The van der Waals surface area contributed by atoms with Crippen molar-refractivity contribution in [3.05, 3.63) is 89.0 Å². The average Bonchev–Trinajstić information content (AvgIpc) is 2.85. The summed E-state index contributed by atoms with van der Waals surface area (Å²) >= 11 is 0. The van der Waals surface area contributed by atoms with Crippen molar-refractivity contribution in [1.82, 2.24) is 5.43 Å². The van der Waals surface area contributed by atoms with E-state index in [9.17, 15) is 9.59 Å². The van der Waals surface area contributed by atoms with Crippen molar-refractivity contribution < 1.29 is 23.8 Å². The summed E-state index contributed by atoms with van der Waals surface area (Å²) in [5.41, 5.74) is 4.17. The zero-order valence-corrected chi connectivity index (χ0v) is 18.1. The van der Waals surface area contributed by atoms with Crippen molar-refractivity contribution in [2.75, 3.05) is 13.7 Å². The van der Waals surface area contributed by atoms with Gasteiger partial charge in [0.05, 0.1) is 31.6 Å². The molecule has 0 fully saturated rings. The number of methoxy groups -OCH3 is 1. The van der Waals surface area contributed by atoms with Gasteiger partial charge in [0.2, 0.25) is 0 Å². The molecule has 0 radical (unpaired) electrons. The third-order valence-electron chi connectivity index (χ3n) is 4.45. The lowest BCUT2D eigenvalue weighted by molar-refractivity contribution is 0.0724. The van der Waals surface area contributed by atoms with Crippen molar-refractivity contribution in [1.29, 1.82) is 5.26 Å². The predicted octanol–water partition coefficient (Wildman–Crippen LogP) is 3.95. The van der Waals surface area contributed by atoms with Crippen LogP contribution < -0.4 is 19.6 Å². The normalized spacial score (nSPS) is 10.3. The molecule has 1 amide bonds. The highest BCUT2D eigenvalue weighted by molar-refractivity contribution is 5.95. The number of para-hydroxylation sites is 1. The molecule has 33 heavy (non-hydrogen) atoms. The molecule has 8 nitrogen and oxygen atoms in total. The Morgan fingerprint density at radius 3 is 2.48 bits per heavy atom. The zero-order chi connectivity index (χ0) is 23.6. The molecule has 3 aromatic carbocycles. The SMILES string of the molecule is CCOc1cc(C=NNC(=O)c2ccc(C#N)cc2)ccc1OC(=O)c1ccccc1OC. The third-order valence-corrected chi connectivity index (χ3v) is 4.45. The second kappa shape index (κ2) is 11.1. The molecule has 0 heterocycles. The first kappa shape index (κ1) is 23.0. The van der Waals surface area contributed by atoms with Gasteiger partial charge in [0.1, 0.15) is 11.3 Å². The van der Waals surface area contributed by atoms with Crippen LogP contribution in [0, 0.1) is 11.3 Å². The number of benzene rings is 3. The van der Waals surface area contributed by atoms with E-state index in [1.54, 1.807) is 66.7 Å². The van der Waals surface area contributed by atoms with E-state index < -0.39 is 11.9 Å². The van der Waals surface area contributed by atoms with Gasteiger partial charge in [-0.25, -0.2) is 10.2 Å². The summed E-state index contributed by atoms with van der Waals surface area (Å²) in [6.07, 6.45) is 1.44. The summed E-state index contributed by atoms with van der Waals surface area (Å²) in [5, 5.41) is 12.8. The first-order valence-corrected chi connectivity index (χ1v) is 10.0. The van der Waals surface area contributed by atoms with Gasteiger partial charge in [-0.15, -0.1) is 0 Å². The molecule has 0 saturated heterocycles. The lowest BCUT2D eigenvalue weighted by atomic mass is 10.1. The van der Waals surface area contributed by atoms with Gasteiger partial charge in [-0.1, -0.05) is 12.1 Å². The minimum Gasteiger partial charge on any atom is -0.496 e. The average molecular weight is 443 g/mol. The Hall–Kier alpha value is -4.64. The second-order valence-corrected chi connectivity index (χ2v) is 6.62. The number of nitriles is 1. The molecule has 0 aliphatic carbocycles. The van der Waals surface area contributed by atoms with Crippen molar-refractivity contribution in [2.45, 2.75) is 6.92 Å². The van der Waals surface area contributed by atoms with Crippen LogP contribution in [0.4, 0.5) is 0 Å². The van der Waals surface area contributed by atoms with E-state index in [2.05, 4.69) is 10.5 Å². The monoisotopic (exact) mass is 443 g/mol. The van der Waals surface area contributed by atoms with E-state index in [0.29, 0.717) is 40.4 Å². The maximum absolute atomic E-state index is 12.6. The Kier molecular flexibility index (Phi) is 7.76. The number of esters is 1. The molecule has 1 N–H and O–H groups in total. The Balaban J connectivity index is 1.71. The van der Waals surface area contributed by atoms with Gasteiger partial charge in [-0.2, -0.15) is 10.4 Å². The van der Waals surface area contributed by atoms with Crippen LogP contribution in [0.1, 0.15) is 38.8 Å². The van der Waals surface area contributed by atoms with Gasteiger partial charge in [0, 0.05) is 5.56 Å². The van der Waals surface area contributed by atoms with Gasteiger partial charge < -0.3 is 14.2 Å². The van der Waals surface area contributed by atoms with Gasteiger partial charge in [-0.3, -0.25) is 4.79 Å². The minimum atomic E-state index is -0.579. The smallest absolute Gasteiger partial charge is 0.347 e. The van der Waals surface area contributed by atoms with E-state index in [0.717, 1.165) is 0 Å². The summed E-state index contributed by atoms with van der Waals surface area (Å²) in [6.45, 7) is 2.17. The topological polar surface area (TPSA) is 110 Å². The fourth-order valence-electron chi connectivity index (χ4n) is 2.85. The summed E-state index contributed by atoms with van der Waals surface area (Å²) in [5.74, 6) is 0.00416. The number of hydrogen-bond donors (Lipinski definition) is 1. The Morgan fingerprint density at radius 2 is 1.79 bits per heavy atom. The number of nitrogens with zero attached hydrogens (tertiary/aromatic N) is 2. The Morgan fingerprint density at radius 1 is 1.03 bits per heavy atom. The minimum absolute atomic E-state index is 0.242. The maximum atomic E-state index is 12.6. The number of amides is 1. The summed E-state index contributed by atoms with van der Waals surface area (Å²) in [7, 11) is 1.48. The van der Waals surface area contributed by atoms with Crippen molar-refractivity contribution in [3.8, 4) is 23.3 Å². The molecule has 166 valence electrons. The molecule has 3 aromatic rings. The number of rotatable bonds is 8. The highest BCUT2D eigenvalue weighted by atomic mass is 16.6. The van der Waals surface area contributed by atoms with Gasteiger partial charge in [0.25, 0.3) is 5.91 Å². The molecule has 0 atom stereocenters. The molecule has 3 rings (SSSR count). The summed E-state index contributed by atoms with van der Waals surface area (Å²) in [4.78, 5) is 24.8. The molecule has 8 heteroatoms. The standard InChI is InChI=1S/C25H21N3O5/c1-3-32-23-14-18(16-27-28-24(29)19-11-8-17(15-26)9-12-19)10-13-22(23)33-25(30)20-6-4-5-7-21(20)31-2/h4-14,16H,3H2,1-2H3,(H,28,29). The number of hydrazone groups is 1. The first-order valence-electron chi connectivity index (χ1n) is 10.0. The van der Waals surface area contributed by atoms with Crippen LogP contribution >= 0.6 is 0 Å². The van der Waals surface area contributed by atoms with Crippen LogP contribution in [0.15, 0.2) is 71.8 Å². The molecular formula is C25H21N3O5. The van der Waals surface area contributed by atoms with Crippen LogP contribution in [-0.4, -0.2) is 31.8 Å². The number of carbonyl (C=O) groups excluding carboxylic acids is 2. The fraction of sp³-hybridized carbons (Fsp3) is 0.120. The highest BCUT2D eigenvalue weighted by Gasteiger charge is 2.17. The number of carbonyl (C=O) groups is 2. The molecule has 0 spiro atoms. The fourth-order valence-corrected chi connectivity index (χ4v) is 2.85. The number of hydrogen-bond acceptors (Lipinski definition) is 7. The number of nitrogens with one attached hydrogen (secondary N) is 1. The molecule has 0 unspecified atom stereocenters. The van der Waals surface area contributed by atoms with Gasteiger partial charge in [0.15, 0.2) is 11.5 Å². The molecule has 0 aromatic heterocycles. The van der Waals surface area contributed by atoms with Crippen LogP contribution in [0.3, 0.4) is 0 Å². The lowest BCUT2D eigenvalue weighted by Gasteiger charge is -2.12. The van der Waals surface area contributed by atoms with Gasteiger partial charge in [-0.05, 0) is 67.1 Å². The van der Waals surface area contributed by atoms with Crippen LogP contribution in [0.25, 0.3) is 0 Å². The molecule has 0 saturated carbocycles. The van der Waals surface area contributed by atoms with Crippen LogP contribution in [-0.2, 0) is 0 Å². The summed E-state index contributed by atoms with van der Waals surface area (Å²) < 4.78 is 16.3. The third kappa shape index (κ3) is 5.95. The van der Waals surface area contributed by atoms with Crippen LogP contribution in [0.5, 0.6) is 17.2 Å². The van der Waals surface area contributed by atoms with E-state index in [1.807, 2.05) is 13.0 Å². The first-order chi connectivity index (χ1) is 16.0. The zero-order valence-electron chi connectivity index (χ0n) is 18.1. The highest BCUT2D eigenvalue weighted by Crippen LogP contribution is 2.30. The number of ether oxygens (including phenoxy) is 3. The van der Waals surface area contributed by atoms with Crippen molar-refractivity contribution >= 4 is 18.1 Å². The maximum Gasteiger partial charge on any atom is 0.347 e. The van der Waals surface area contributed by atoms with Gasteiger partial charge >= 0.3 is 5.97 Å². The molecular weight excluding hydrogens is 422 g/mol.